The molecule has 0 N–H and O–H groups in total. The fraction of sp³-hybridized carbons (Fsp3) is 0.579. The van der Waals surface area contributed by atoms with E-state index >= 15 is 0 Å². The fourth-order valence-electron chi connectivity index (χ4n) is 2.53. The second-order valence-corrected chi connectivity index (χ2v) is 12.7. The van der Waals surface area contributed by atoms with Crippen LogP contribution in [0.5, 0.6) is 11.5 Å². The largest absolute Gasteiger partial charge is 0.469 e. The number of methoxy groups -OCH3 is 1. The van der Waals surface area contributed by atoms with Crippen LogP contribution in [0.2, 0.25) is 18.1 Å². The van der Waals surface area contributed by atoms with E-state index in [0.29, 0.717) is 11.5 Å². The zero-order valence-electron chi connectivity index (χ0n) is 16.3. The summed E-state index contributed by atoms with van der Waals surface area (Å²) in [6.45, 7) is 10.8. The van der Waals surface area contributed by atoms with Gasteiger partial charge >= 0.3 is 5.97 Å². The third-order valence-corrected chi connectivity index (χ3v) is 9.59. The van der Waals surface area contributed by atoms with Gasteiger partial charge in [-0.15, -0.1) is 0 Å². The molecule has 1 aliphatic rings. The zero-order chi connectivity index (χ0) is 19.5. The highest BCUT2D eigenvalue weighted by Crippen LogP contribution is 2.44. The lowest BCUT2D eigenvalue weighted by molar-refractivity contribution is -0.149. The van der Waals surface area contributed by atoms with Crippen LogP contribution in [0.3, 0.4) is 0 Å². The lowest BCUT2D eigenvalue weighted by Gasteiger charge is -2.40. The van der Waals surface area contributed by atoms with E-state index in [1.165, 1.54) is 7.11 Å². The highest BCUT2D eigenvalue weighted by molar-refractivity contribution is 6.74. The van der Waals surface area contributed by atoms with Gasteiger partial charge in [0.1, 0.15) is 0 Å². The predicted molar refractivity (Wildman–Crippen MR) is 99.3 cm³/mol. The molecule has 26 heavy (non-hydrogen) atoms. The van der Waals surface area contributed by atoms with Crippen molar-refractivity contribution >= 4 is 14.3 Å². The van der Waals surface area contributed by atoms with Crippen LogP contribution in [0.15, 0.2) is 18.2 Å². The van der Waals surface area contributed by atoms with Crippen LogP contribution in [-0.4, -0.2) is 28.2 Å². The van der Waals surface area contributed by atoms with Crippen LogP contribution in [0, 0.1) is 17.2 Å². The maximum atomic E-state index is 12.4. The average Bonchev–Trinajstić information content (AvgIpc) is 3.03. The van der Waals surface area contributed by atoms with Crippen LogP contribution in [0.4, 0.5) is 0 Å². The molecule has 1 aromatic rings. The van der Waals surface area contributed by atoms with E-state index in [0.717, 1.165) is 5.56 Å². The first-order valence-corrected chi connectivity index (χ1v) is 11.5. The number of ether oxygens (including phenoxy) is 3. The first-order valence-electron chi connectivity index (χ1n) is 8.63. The van der Waals surface area contributed by atoms with Crippen LogP contribution in [-0.2, 0) is 14.0 Å². The number of hydrogen-bond acceptors (Lipinski definition) is 6. The smallest absolute Gasteiger partial charge is 0.312 e. The second-order valence-electron chi connectivity index (χ2n) is 7.90. The molecule has 0 fully saturated rings. The molecule has 2 atom stereocenters. The van der Waals surface area contributed by atoms with Gasteiger partial charge in [-0.3, -0.25) is 4.79 Å². The Hall–Kier alpha value is -2.04. The van der Waals surface area contributed by atoms with Crippen molar-refractivity contribution in [2.24, 2.45) is 5.92 Å². The molecule has 0 radical (unpaired) electrons. The van der Waals surface area contributed by atoms with Crippen molar-refractivity contribution in [3.05, 3.63) is 23.8 Å². The summed E-state index contributed by atoms with van der Waals surface area (Å²) in [5.41, 5.74) is 0.782. The Kier molecular flexibility index (Phi) is 5.99. The maximum absolute atomic E-state index is 12.4. The summed E-state index contributed by atoms with van der Waals surface area (Å²) in [6.07, 6.45) is -0.571. The van der Waals surface area contributed by atoms with Gasteiger partial charge < -0.3 is 18.6 Å². The monoisotopic (exact) mass is 377 g/mol. The Morgan fingerprint density at radius 3 is 2.54 bits per heavy atom. The number of benzene rings is 1. The molecule has 1 aliphatic heterocycles. The molecule has 142 valence electrons. The van der Waals surface area contributed by atoms with Gasteiger partial charge in [-0.05, 0) is 35.8 Å². The number of nitriles is 1. The summed E-state index contributed by atoms with van der Waals surface area (Å²) in [6, 6.07) is 7.58. The third-order valence-electron chi connectivity index (χ3n) is 5.13. The van der Waals surface area contributed by atoms with E-state index in [1.807, 2.05) is 12.1 Å². The molecule has 0 bridgehead atoms. The molecule has 2 rings (SSSR count). The number of carbonyl (C=O) groups excluding carboxylic acids is 1. The van der Waals surface area contributed by atoms with Gasteiger partial charge in [0.25, 0.3) is 0 Å². The fourth-order valence-corrected chi connectivity index (χ4v) is 3.82. The lowest BCUT2D eigenvalue weighted by Crippen LogP contribution is -2.44. The number of rotatable bonds is 6. The average molecular weight is 378 g/mol. The molecular formula is C19H27NO5Si. The molecular weight excluding hydrogens is 350 g/mol. The Balaban J connectivity index is 2.47. The van der Waals surface area contributed by atoms with Crippen LogP contribution in [0.1, 0.15) is 38.9 Å². The summed E-state index contributed by atoms with van der Waals surface area (Å²) in [4.78, 5) is 12.4. The summed E-state index contributed by atoms with van der Waals surface area (Å²) < 4.78 is 22.4. The van der Waals surface area contributed by atoms with Crippen LogP contribution < -0.4 is 9.47 Å². The summed E-state index contributed by atoms with van der Waals surface area (Å²) in [5, 5.41) is 9.20. The maximum Gasteiger partial charge on any atom is 0.312 e. The lowest BCUT2D eigenvalue weighted by atomic mass is 9.93. The van der Waals surface area contributed by atoms with Gasteiger partial charge in [0.15, 0.2) is 19.8 Å². The predicted octanol–water partition coefficient (Wildman–Crippen LogP) is 4.18. The van der Waals surface area contributed by atoms with E-state index in [9.17, 15) is 10.1 Å². The van der Waals surface area contributed by atoms with Crippen molar-refractivity contribution < 1.29 is 23.4 Å². The van der Waals surface area contributed by atoms with Crippen LogP contribution in [0.25, 0.3) is 0 Å². The van der Waals surface area contributed by atoms with Gasteiger partial charge in [0, 0.05) is 0 Å². The van der Waals surface area contributed by atoms with E-state index in [4.69, 9.17) is 18.6 Å². The minimum Gasteiger partial charge on any atom is -0.469 e. The molecule has 0 amide bonds. The van der Waals surface area contributed by atoms with Crippen molar-refractivity contribution in [2.45, 2.75) is 51.4 Å². The topological polar surface area (TPSA) is 77.8 Å². The molecule has 6 nitrogen and oxygen atoms in total. The van der Waals surface area contributed by atoms with Gasteiger partial charge in [-0.2, -0.15) is 5.26 Å². The summed E-state index contributed by atoms with van der Waals surface area (Å²) in [7, 11) is -0.887. The summed E-state index contributed by atoms with van der Waals surface area (Å²) >= 11 is 0. The van der Waals surface area contributed by atoms with Crippen molar-refractivity contribution in [1.82, 2.24) is 0 Å². The van der Waals surface area contributed by atoms with Crippen molar-refractivity contribution in [1.29, 1.82) is 5.26 Å². The molecule has 1 heterocycles. The minimum absolute atomic E-state index is 0.0143. The number of fused-ring (bicyclic) bond motifs is 1. The molecule has 0 saturated carbocycles. The van der Waals surface area contributed by atoms with Gasteiger partial charge in [-0.25, -0.2) is 0 Å². The molecule has 7 heteroatoms. The van der Waals surface area contributed by atoms with E-state index in [1.54, 1.807) is 6.07 Å². The van der Waals surface area contributed by atoms with E-state index in [-0.39, 0.29) is 18.3 Å². The SMILES string of the molecule is COC(=O)[C@@H](CC#N)[C@H](O[Si](C)(C)C(C)(C)C)c1ccc2c(c1)OCO2. The van der Waals surface area contributed by atoms with Crippen molar-refractivity contribution in [3.63, 3.8) is 0 Å². The van der Waals surface area contributed by atoms with Crippen molar-refractivity contribution in [2.75, 3.05) is 13.9 Å². The Morgan fingerprint density at radius 2 is 1.96 bits per heavy atom. The Morgan fingerprint density at radius 1 is 1.31 bits per heavy atom. The molecule has 1 aromatic carbocycles. The van der Waals surface area contributed by atoms with Gasteiger partial charge in [-0.1, -0.05) is 26.8 Å². The molecule has 0 spiro atoms. The minimum atomic E-state index is -2.22. The molecule has 0 unspecified atom stereocenters. The third kappa shape index (κ3) is 4.19. The molecule has 0 aromatic heterocycles. The normalized spacial score (nSPS) is 15.9. The van der Waals surface area contributed by atoms with Gasteiger partial charge in [0.2, 0.25) is 6.79 Å². The first-order chi connectivity index (χ1) is 12.1. The molecule has 0 saturated heterocycles. The van der Waals surface area contributed by atoms with Gasteiger partial charge in [0.05, 0.1) is 31.6 Å². The zero-order valence-corrected chi connectivity index (χ0v) is 17.3. The summed E-state index contributed by atoms with van der Waals surface area (Å²) in [5.74, 6) is 0.119. The second kappa shape index (κ2) is 7.68. The number of esters is 1. The standard InChI is InChI=1S/C19H27NO5Si/c1-19(2,3)26(5,6)25-17(14(9-10-20)18(21)22-4)13-7-8-15-16(11-13)24-12-23-15/h7-8,11,14,17H,9,12H2,1-6H3/t14-,17+/m0/s1. The first kappa shape index (κ1) is 20.3. The Labute approximate surface area is 156 Å². The highest BCUT2D eigenvalue weighted by atomic mass is 28.4. The highest BCUT2D eigenvalue weighted by Gasteiger charge is 2.43. The Bertz CT molecular complexity index is 705. The molecule has 0 aliphatic carbocycles. The van der Waals surface area contributed by atoms with E-state index < -0.39 is 26.3 Å². The number of hydrogen-bond donors (Lipinski definition) is 0. The van der Waals surface area contributed by atoms with E-state index in [2.05, 4.69) is 39.9 Å². The van der Waals surface area contributed by atoms with Crippen molar-refractivity contribution in [3.8, 4) is 17.6 Å². The quantitative estimate of drug-likeness (QED) is 0.547. The number of carbonyl (C=O) groups is 1. The van der Waals surface area contributed by atoms with Crippen LogP contribution >= 0.6 is 0 Å². The number of nitrogens with zero attached hydrogens (tertiary/aromatic N) is 1.